The quantitative estimate of drug-likeness (QED) is 0.858. The topological polar surface area (TPSA) is 51.5 Å². The molecule has 112 valence electrons. The van der Waals surface area contributed by atoms with Gasteiger partial charge in [0.05, 0.1) is 12.8 Å². The first kappa shape index (κ1) is 15.2. The number of nitrogens with one attached hydrogen (secondary N) is 1. The number of furan rings is 1. The zero-order valence-corrected chi connectivity index (χ0v) is 12.7. The van der Waals surface area contributed by atoms with Gasteiger partial charge in [-0.15, -0.1) is 0 Å². The van der Waals surface area contributed by atoms with Gasteiger partial charge in [-0.25, -0.2) is 0 Å². The molecule has 4 nitrogen and oxygen atoms in total. The molecule has 2 aromatic rings. The van der Waals surface area contributed by atoms with Crippen LogP contribution < -0.4 is 10.1 Å². The fourth-order valence-corrected chi connectivity index (χ4v) is 1.88. The Morgan fingerprint density at radius 3 is 2.71 bits per heavy atom. The lowest BCUT2D eigenvalue weighted by Gasteiger charge is -2.19. The number of carbonyl (C=O) groups is 1. The van der Waals surface area contributed by atoms with E-state index in [4.69, 9.17) is 9.15 Å². The Labute approximate surface area is 125 Å². The van der Waals surface area contributed by atoms with E-state index in [0.29, 0.717) is 18.9 Å². The summed E-state index contributed by atoms with van der Waals surface area (Å²) >= 11 is 0. The Bertz CT molecular complexity index is 582. The summed E-state index contributed by atoms with van der Waals surface area (Å²) in [6.07, 6.45) is 1.48. The Kier molecular flexibility index (Phi) is 4.68. The van der Waals surface area contributed by atoms with Gasteiger partial charge < -0.3 is 14.5 Å². The second-order valence-corrected chi connectivity index (χ2v) is 5.86. The fourth-order valence-electron chi connectivity index (χ4n) is 1.88. The summed E-state index contributed by atoms with van der Waals surface area (Å²) in [7, 11) is 0. The van der Waals surface area contributed by atoms with E-state index in [9.17, 15) is 4.79 Å². The van der Waals surface area contributed by atoms with E-state index in [2.05, 4.69) is 32.2 Å². The van der Waals surface area contributed by atoms with Crippen LogP contribution in [0.1, 0.15) is 36.9 Å². The summed E-state index contributed by atoms with van der Waals surface area (Å²) in [4.78, 5) is 11.6. The van der Waals surface area contributed by atoms with Gasteiger partial charge in [-0.1, -0.05) is 32.9 Å². The van der Waals surface area contributed by atoms with Crippen LogP contribution in [0.25, 0.3) is 0 Å². The monoisotopic (exact) mass is 287 g/mol. The summed E-state index contributed by atoms with van der Waals surface area (Å²) < 4.78 is 10.7. The first-order valence-corrected chi connectivity index (χ1v) is 7.02. The molecule has 1 amide bonds. The van der Waals surface area contributed by atoms with Crippen molar-refractivity contribution >= 4 is 5.91 Å². The lowest BCUT2D eigenvalue weighted by Crippen LogP contribution is -2.27. The highest BCUT2D eigenvalue weighted by atomic mass is 16.5. The van der Waals surface area contributed by atoms with E-state index in [1.54, 1.807) is 12.1 Å². The van der Waals surface area contributed by atoms with Gasteiger partial charge in [0.25, 0.3) is 5.91 Å². The molecular weight excluding hydrogens is 266 g/mol. The molecule has 1 N–H and O–H groups in total. The van der Waals surface area contributed by atoms with Crippen molar-refractivity contribution in [3.05, 3.63) is 54.0 Å². The van der Waals surface area contributed by atoms with E-state index in [1.165, 1.54) is 11.8 Å². The van der Waals surface area contributed by atoms with Crippen LogP contribution in [0.5, 0.6) is 5.75 Å². The number of carbonyl (C=O) groups excluding carboxylic acids is 1. The molecule has 0 saturated carbocycles. The molecule has 0 bridgehead atoms. The van der Waals surface area contributed by atoms with E-state index < -0.39 is 0 Å². The smallest absolute Gasteiger partial charge is 0.287 e. The predicted molar refractivity (Wildman–Crippen MR) is 81.7 cm³/mol. The van der Waals surface area contributed by atoms with Gasteiger partial charge in [-0.2, -0.15) is 0 Å². The Hall–Kier alpha value is -2.23. The number of benzene rings is 1. The van der Waals surface area contributed by atoms with Crippen LogP contribution in [0.15, 0.2) is 47.1 Å². The van der Waals surface area contributed by atoms with Crippen LogP contribution in [0.4, 0.5) is 0 Å². The van der Waals surface area contributed by atoms with E-state index >= 15 is 0 Å². The molecule has 0 radical (unpaired) electrons. The Morgan fingerprint density at radius 1 is 1.24 bits per heavy atom. The summed E-state index contributed by atoms with van der Waals surface area (Å²) in [5.74, 6) is 0.895. The minimum absolute atomic E-state index is 0.0902. The highest BCUT2D eigenvalue weighted by Gasteiger charge is 2.14. The van der Waals surface area contributed by atoms with Crippen LogP contribution in [-0.4, -0.2) is 19.1 Å². The van der Waals surface area contributed by atoms with E-state index in [1.807, 2.05) is 18.2 Å². The van der Waals surface area contributed by atoms with Crippen LogP contribution >= 0.6 is 0 Å². The number of rotatable bonds is 5. The fraction of sp³-hybridized carbons (Fsp3) is 0.353. The second-order valence-electron chi connectivity index (χ2n) is 5.86. The minimum Gasteiger partial charge on any atom is -0.492 e. The lowest BCUT2D eigenvalue weighted by molar-refractivity contribution is 0.0919. The summed E-state index contributed by atoms with van der Waals surface area (Å²) in [6, 6.07) is 11.3. The molecule has 1 aromatic carbocycles. The lowest BCUT2D eigenvalue weighted by atomic mass is 9.87. The zero-order valence-electron chi connectivity index (χ0n) is 12.7. The summed E-state index contributed by atoms with van der Waals surface area (Å²) in [6.45, 7) is 7.33. The number of ether oxygens (including phenoxy) is 1. The molecule has 0 spiro atoms. The van der Waals surface area contributed by atoms with Crippen LogP contribution in [0.3, 0.4) is 0 Å². The predicted octanol–water partition coefficient (Wildman–Crippen LogP) is 3.39. The van der Waals surface area contributed by atoms with Crippen molar-refractivity contribution in [3.63, 3.8) is 0 Å². The highest BCUT2D eigenvalue weighted by molar-refractivity contribution is 5.91. The van der Waals surface area contributed by atoms with Crippen molar-refractivity contribution < 1.29 is 13.9 Å². The Balaban J connectivity index is 1.80. The van der Waals surface area contributed by atoms with Crippen molar-refractivity contribution in [2.45, 2.75) is 26.2 Å². The summed E-state index contributed by atoms with van der Waals surface area (Å²) in [5, 5.41) is 2.74. The van der Waals surface area contributed by atoms with Crippen LogP contribution in [0.2, 0.25) is 0 Å². The third kappa shape index (κ3) is 4.38. The normalized spacial score (nSPS) is 11.2. The molecule has 1 heterocycles. The summed E-state index contributed by atoms with van der Waals surface area (Å²) in [5.41, 5.74) is 1.31. The first-order chi connectivity index (χ1) is 9.97. The first-order valence-electron chi connectivity index (χ1n) is 7.02. The van der Waals surface area contributed by atoms with Crippen molar-refractivity contribution in [2.24, 2.45) is 0 Å². The maximum atomic E-state index is 11.6. The largest absolute Gasteiger partial charge is 0.492 e. The molecule has 0 aliphatic carbocycles. The maximum Gasteiger partial charge on any atom is 0.287 e. The van der Waals surface area contributed by atoms with Crippen molar-refractivity contribution in [1.29, 1.82) is 0 Å². The van der Waals surface area contributed by atoms with Gasteiger partial charge in [0.1, 0.15) is 12.4 Å². The molecule has 4 heteroatoms. The van der Waals surface area contributed by atoms with E-state index in [0.717, 1.165) is 5.75 Å². The minimum atomic E-state index is -0.230. The van der Waals surface area contributed by atoms with Gasteiger partial charge in [0, 0.05) is 0 Å². The molecule has 2 rings (SSSR count). The molecule has 0 unspecified atom stereocenters. The highest BCUT2D eigenvalue weighted by Crippen LogP contribution is 2.25. The molecular formula is C17H21NO3. The molecule has 0 saturated heterocycles. The molecule has 0 fully saturated rings. The third-order valence-corrected chi connectivity index (χ3v) is 3.10. The molecule has 21 heavy (non-hydrogen) atoms. The van der Waals surface area contributed by atoms with Crippen molar-refractivity contribution in [1.82, 2.24) is 5.32 Å². The van der Waals surface area contributed by atoms with Gasteiger partial charge in [-0.05, 0) is 35.2 Å². The Morgan fingerprint density at radius 2 is 2.05 bits per heavy atom. The van der Waals surface area contributed by atoms with Crippen LogP contribution in [0, 0.1) is 0 Å². The van der Waals surface area contributed by atoms with Gasteiger partial charge in [0.15, 0.2) is 5.76 Å². The van der Waals surface area contributed by atoms with Gasteiger partial charge >= 0.3 is 0 Å². The van der Waals surface area contributed by atoms with Gasteiger partial charge in [0.2, 0.25) is 0 Å². The van der Waals surface area contributed by atoms with Crippen LogP contribution in [-0.2, 0) is 5.41 Å². The van der Waals surface area contributed by atoms with Gasteiger partial charge in [-0.3, -0.25) is 4.79 Å². The third-order valence-electron chi connectivity index (χ3n) is 3.10. The SMILES string of the molecule is CC(C)(C)c1cccc(OCCNC(=O)c2ccco2)c1. The molecule has 1 aromatic heterocycles. The average Bonchev–Trinajstić information content (AvgIpc) is 2.97. The molecule has 0 atom stereocenters. The zero-order chi connectivity index (χ0) is 15.3. The number of hydrogen-bond donors (Lipinski definition) is 1. The average molecular weight is 287 g/mol. The van der Waals surface area contributed by atoms with Crippen molar-refractivity contribution in [2.75, 3.05) is 13.2 Å². The number of amides is 1. The number of hydrogen-bond acceptors (Lipinski definition) is 3. The van der Waals surface area contributed by atoms with Crippen molar-refractivity contribution in [3.8, 4) is 5.75 Å². The molecule has 0 aliphatic rings. The van der Waals surface area contributed by atoms with E-state index in [-0.39, 0.29) is 11.3 Å². The standard InChI is InChI=1S/C17H21NO3/c1-17(2,3)13-6-4-7-14(12-13)20-11-9-18-16(19)15-8-5-10-21-15/h4-8,10,12H,9,11H2,1-3H3,(H,18,19). The second kappa shape index (κ2) is 6.48. The molecule has 0 aliphatic heterocycles. The maximum absolute atomic E-state index is 11.6.